The van der Waals surface area contributed by atoms with Crippen LogP contribution in [0.25, 0.3) is 10.2 Å². The van der Waals surface area contributed by atoms with Gasteiger partial charge in [-0.05, 0) is 44.0 Å². The molecule has 1 aromatic heterocycles. The van der Waals surface area contributed by atoms with Crippen LogP contribution in [-0.4, -0.2) is 68.9 Å². The van der Waals surface area contributed by atoms with Gasteiger partial charge in [-0.1, -0.05) is 35.1 Å². The third kappa shape index (κ3) is 5.82. The summed E-state index contributed by atoms with van der Waals surface area (Å²) in [7, 11) is 1.64. The number of carbonyl (C=O) groups excluding carboxylic acids is 1. The van der Waals surface area contributed by atoms with Crippen LogP contribution >= 0.6 is 11.3 Å². The zero-order valence-corrected chi connectivity index (χ0v) is 20.3. The summed E-state index contributed by atoms with van der Waals surface area (Å²) in [6, 6.07) is 11.7. The van der Waals surface area contributed by atoms with Crippen molar-refractivity contribution in [3.63, 3.8) is 0 Å². The summed E-state index contributed by atoms with van der Waals surface area (Å²) in [4.78, 5) is 22.2. The lowest BCUT2D eigenvalue weighted by molar-refractivity contribution is -0.120. The van der Waals surface area contributed by atoms with E-state index in [0.29, 0.717) is 17.4 Å². The normalized spacial score (nSPS) is 14.4. The Labute approximate surface area is 198 Å². The number of amides is 1. The Balaban J connectivity index is 1.52. The Hall–Kier alpha value is -2.68. The molecule has 0 unspecified atom stereocenters. The maximum absolute atomic E-state index is 13.3. The SMILES string of the molecule is COc1ccc(C)c2sc(N(CCCN3CCOCC3)C(=O)COc3ccc(C)cc3)nc12. The van der Waals surface area contributed by atoms with Crippen LogP contribution in [0, 0.1) is 13.8 Å². The first-order chi connectivity index (χ1) is 16.0. The van der Waals surface area contributed by atoms with Crippen LogP contribution in [0.2, 0.25) is 0 Å². The van der Waals surface area contributed by atoms with Gasteiger partial charge in [-0.25, -0.2) is 4.98 Å². The van der Waals surface area contributed by atoms with Crippen molar-refractivity contribution in [1.82, 2.24) is 9.88 Å². The van der Waals surface area contributed by atoms with Crippen LogP contribution in [0.1, 0.15) is 17.5 Å². The second-order valence-electron chi connectivity index (χ2n) is 8.21. The van der Waals surface area contributed by atoms with E-state index in [2.05, 4.69) is 11.8 Å². The number of fused-ring (bicyclic) bond motifs is 1. The Kier molecular flexibility index (Phi) is 7.80. The zero-order chi connectivity index (χ0) is 23.2. The van der Waals surface area contributed by atoms with Gasteiger partial charge in [0.1, 0.15) is 17.0 Å². The van der Waals surface area contributed by atoms with Crippen LogP contribution in [0.4, 0.5) is 5.13 Å². The summed E-state index contributed by atoms with van der Waals surface area (Å²) in [5.74, 6) is 1.30. The van der Waals surface area contributed by atoms with Crippen molar-refractivity contribution in [3.05, 3.63) is 47.5 Å². The summed E-state index contributed by atoms with van der Waals surface area (Å²) in [5, 5.41) is 0.678. The largest absolute Gasteiger partial charge is 0.494 e. The average Bonchev–Trinajstić information content (AvgIpc) is 3.28. The second kappa shape index (κ2) is 11.0. The molecule has 1 aliphatic rings. The summed E-state index contributed by atoms with van der Waals surface area (Å²) in [5.41, 5.74) is 3.06. The van der Waals surface area contributed by atoms with Crippen LogP contribution in [-0.2, 0) is 9.53 Å². The number of aromatic nitrogens is 1. The molecule has 0 bridgehead atoms. The highest BCUT2D eigenvalue weighted by atomic mass is 32.1. The van der Waals surface area contributed by atoms with E-state index in [1.807, 2.05) is 43.3 Å². The lowest BCUT2D eigenvalue weighted by atomic mass is 10.2. The molecule has 0 spiro atoms. The van der Waals surface area contributed by atoms with Crippen LogP contribution in [0.3, 0.4) is 0 Å². The number of carbonyl (C=O) groups is 1. The maximum atomic E-state index is 13.3. The predicted molar refractivity (Wildman–Crippen MR) is 132 cm³/mol. The molecule has 1 aliphatic heterocycles. The minimum atomic E-state index is -0.103. The molecule has 0 aliphatic carbocycles. The number of aryl methyl sites for hydroxylation is 2. The van der Waals surface area contributed by atoms with E-state index in [0.717, 1.165) is 66.4 Å². The molecule has 7 nitrogen and oxygen atoms in total. The molecule has 4 rings (SSSR count). The molecule has 2 heterocycles. The topological polar surface area (TPSA) is 64.1 Å². The third-order valence-corrected chi connectivity index (χ3v) is 7.00. The zero-order valence-electron chi connectivity index (χ0n) is 19.5. The molecule has 0 radical (unpaired) electrons. The molecule has 33 heavy (non-hydrogen) atoms. The molecular weight excluding hydrogens is 438 g/mol. The van der Waals surface area contributed by atoms with E-state index in [9.17, 15) is 4.79 Å². The van der Waals surface area contributed by atoms with Gasteiger partial charge >= 0.3 is 0 Å². The van der Waals surface area contributed by atoms with E-state index in [1.165, 1.54) is 11.3 Å². The van der Waals surface area contributed by atoms with Gasteiger partial charge in [-0.15, -0.1) is 0 Å². The lowest BCUT2D eigenvalue weighted by Crippen LogP contribution is -2.40. The standard InChI is InChI=1S/C25H31N3O4S/c1-18-5-8-20(9-6-18)32-17-22(29)28(12-4-11-27-13-15-31-16-14-27)25-26-23-21(30-3)10-7-19(2)24(23)33-25/h5-10H,4,11-17H2,1-3H3. The van der Waals surface area contributed by atoms with Crippen molar-refractivity contribution in [1.29, 1.82) is 0 Å². The first kappa shape index (κ1) is 23.5. The molecule has 176 valence electrons. The van der Waals surface area contributed by atoms with Crippen molar-refractivity contribution in [2.24, 2.45) is 0 Å². The van der Waals surface area contributed by atoms with Gasteiger partial charge in [-0.3, -0.25) is 14.6 Å². The average molecular weight is 470 g/mol. The fourth-order valence-electron chi connectivity index (χ4n) is 3.84. The van der Waals surface area contributed by atoms with Crippen molar-refractivity contribution >= 4 is 32.6 Å². The molecule has 8 heteroatoms. The number of morpholine rings is 1. The van der Waals surface area contributed by atoms with Crippen molar-refractivity contribution in [2.45, 2.75) is 20.3 Å². The molecule has 0 atom stereocenters. The van der Waals surface area contributed by atoms with Crippen molar-refractivity contribution in [3.8, 4) is 11.5 Å². The van der Waals surface area contributed by atoms with Crippen LogP contribution < -0.4 is 14.4 Å². The number of benzene rings is 2. The minimum absolute atomic E-state index is 0.0351. The number of hydrogen-bond donors (Lipinski definition) is 0. The van der Waals surface area contributed by atoms with E-state index in [1.54, 1.807) is 12.0 Å². The van der Waals surface area contributed by atoms with Gasteiger partial charge in [0, 0.05) is 26.2 Å². The summed E-state index contributed by atoms with van der Waals surface area (Å²) in [6.45, 7) is 8.93. The summed E-state index contributed by atoms with van der Waals surface area (Å²) < 4.78 is 17.8. The number of ether oxygens (including phenoxy) is 3. The van der Waals surface area contributed by atoms with Crippen LogP contribution in [0.15, 0.2) is 36.4 Å². The first-order valence-electron chi connectivity index (χ1n) is 11.3. The van der Waals surface area contributed by atoms with Crippen molar-refractivity contribution in [2.75, 3.05) is 58.0 Å². The van der Waals surface area contributed by atoms with Gasteiger partial charge in [0.15, 0.2) is 11.7 Å². The molecule has 1 saturated heterocycles. The van der Waals surface area contributed by atoms with Crippen molar-refractivity contribution < 1.29 is 19.0 Å². The summed E-state index contributed by atoms with van der Waals surface area (Å²) in [6.07, 6.45) is 0.850. The van der Waals surface area contributed by atoms with Crippen LogP contribution in [0.5, 0.6) is 11.5 Å². The Morgan fingerprint density at radius 1 is 1.15 bits per heavy atom. The highest BCUT2D eigenvalue weighted by Gasteiger charge is 2.22. The highest BCUT2D eigenvalue weighted by molar-refractivity contribution is 7.22. The predicted octanol–water partition coefficient (Wildman–Crippen LogP) is 4.06. The van der Waals surface area contributed by atoms with Gasteiger partial charge in [-0.2, -0.15) is 0 Å². The Bertz CT molecular complexity index is 1080. The molecular formula is C25H31N3O4S. The molecule has 1 fully saturated rings. The number of thiazole rings is 1. The second-order valence-corrected chi connectivity index (χ2v) is 9.19. The quantitative estimate of drug-likeness (QED) is 0.471. The smallest absolute Gasteiger partial charge is 0.266 e. The molecule has 1 amide bonds. The highest BCUT2D eigenvalue weighted by Crippen LogP contribution is 2.36. The van der Waals surface area contributed by atoms with Gasteiger partial charge in [0.05, 0.1) is 25.0 Å². The fraction of sp³-hybridized carbons (Fsp3) is 0.440. The number of nitrogens with zero attached hydrogens (tertiary/aromatic N) is 3. The molecule has 0 saturated carbocycles. The molecule has 0 N–H and O–H groups in total. The number of methoxy groups -OCH3 is 1. The van der Waals surface area contributed by atoms with E-state index in [-0.39, 0.29) is 12.5 Å². The molecule has 2 aromatic carbocycles. The lowest BCUT2D eigenvalue weighted by Gasteiger charge is -2.27. The number of hydrogen-bond acceptors (Lipinski definition) is 7. The van der Waals surface area contributed by atoms with E-state index in [4.69, 9.17) is 19.2 Å². The fourth-order valence-corrected chi connectivity index (χ4v) is 4.94. The summed E-state index contributed by atoms with van der Waals surface area (Å²) >= 11 is 1.52. The van der Waals surface area contributed by atoms with E-state index < -0.39 is 0 Å². The Morgan fingerprint density at radius 3 is 2.64 bits per heavy atom. The number of anilines is 1. The monoisotopic (exact) mass is 469 g/mol. The van der Waals surface area contributed by atoms with Gasteiger partial charge in [0.2, 0.25) is 0 Å². The number of rotatable bonds is 9. The minimum Gasteiger partial charge on any atom is -0.494 e. The maximum Gasteiger partial charge on any atom is 0.266 e. The van der Waals surface area contributed by atoms with Gasteiger partial charge < -0.3 is 14.2 Å². The first-order valence-corrected chi connectivity index (χ1v) is 12.1. The third-order valence-electron chi connectivity index (χ3n) is 5.79. The molecule has 3 aromatic rings. The van der Waals surface area contributed by atoms with E-state index >= 15 is 0 Å². The van der Waals surface area contributed by atoms with Gasteiger partial charge in [0.25, 0.3) is 5.91 Å². The Morgan fingerprint density at radius 2 is 1.91 bits per heavy atom.